The smallest absolute Gasteiger partial charge is 0.222 e. The van der Waals surface area contributed by atoms with Gasteiger partial charge in [0, 0.05) is 25.0 Å². The Bertz CT molecular complexity index is 558. The summed E-state index contributed by atoms with van der Waals surface area (Å²) in [6.45, 7) is 4.97. The maximum Gasteiger partial charge on any atom is 0.222 e. The van der Waals surface area contributed by atoms with Crippen molar-refractivity contribution in [3.8, 4) is 0 Å². The van der Waals surface area contributed by atoms with Crippen LogP contribution in [0.25, 0.3) is 0 Å². The number of halogens is 1. The number of nitrogens with zero attached hydrogens (tertiary/aromatic N) is 1. The number of hydrogen-bond donors (Lipinski definition) is 0. The number of likely N-dealkylation sites (tertiary alicyclic amines) is 1. The van der Waals surface area contributed by atoms with Crippen LogP contribution in [0.15, 0.2) is 11.1 Å². The molecule has 4 rings (SSSR count). The fourth-order valence-electron chi connectivity index (χ4n) is 7.18. The van der Waals surface area contributed by atoms with Crippen LogP contribution in [-0.4, -0.2) is 23.9 Å². The molecule has 0 bridgehead atoms. The van der Waals surface area contributed by atoms with Crippen LogP contribution in [-0.2, 0) is 4.79 Å². The van der Waals surface area contributed by atoms with Gasteiger partial charge in [-0.1, -0.05) is 31.0 Å². The summed E-state index contributed by atoms with van der Waals surface area (Å²) in [4.78, 5) is 14.3. The van der Waals surface area contributed by atoms with Crippen LogP contribution >= 0.6 is 11.6 Å². The van der Waals surface area contributed by atoms with E-state index in [1.165, 1.54) is 44.1 Å². The van der Waals surface area contributed by atoms with Gasteiger partial charge in [-0.15, -0.1) is 0 Å². The maximum absolute atomic E-state index is 12.2. The molecule has 1 aliphatic heterocycles. The van der Waals surface area contributed by atoms with Gasteiger partial charge in [0.2, 0.25) is 5.91 Å². The Morgan fingerprint density at radius 2 is 1.87 bits per heavy atom. The number of fused-ring (bicyclic) bond motifs is 5. The zero-order valence-corrected chi connectivity index (χ0v) is 15.5. The van der Waals surface area contributed by atoms with Crippen LogP contribution < -0.4 is 0 Å². The number of hydrogen-bond acceptors (Lipinski definition) is 1. The Morgan fingerprint density at radius 1 is 1.09 bits per heavy atom. The number of allylic oxidation sites excluding steroid dienone is 1. The van der Waals surface area contributed by atoms with Crippen molar-refractivity contribution in [3.63, 3.8) is 0 Å². The Hall–Kier alpha value is -0.500. The van der Waals surface area contributed by atoms with Crippen molar-refractivity contribution in [3.05, 3.63) is 11.1 Å². The molecule has 4 aliphatic rings. The average Bonchev–Trinajstić information content (AvgIpc) is 2.88. The molecule has 0 aromatic heterocycles. The largest absolute Gasteiger partial charge is 0.342 e. The lowest BCUT2D eigenvalue weighted by Crippen LogP contribution is -2.61. The van der Waals surface area contributed by atoms with Gasteiger partial charge in [-0.25, -0.2) is 0 Å². The van der Waals surface area contributed by atoms with Gasteiger partial charge < -0.3 is 4.90 Å². The molecule has 3 heteroatoms. The Kier molecular flexibility index (Phi) is 3.65. The zero-order chi connectivity index (χ0) is 16.4. The summed E-state index contributed by atoms with van der Waals surface area (Å²) in [6, 6.07) is 0.471. The van der Waals surface area contributed by atoms with Gasteiger partial charge in [0.05, 0.1) is 0 Å². The Morgan fingerprint density at radius 3 is 2.61 bits per heavy atom. The SMILES string of the molecule is CN1C(=O)CC[C@]2(C)[C@H]3CC[C@]4(C)/C(=C/Cl)CC[C@H]4[C@@H]3CC[C@@H]12. The summed E-state index contributed by atoms with van der Waals surface area (Å²) in [5, 5.41) is 0. The van der Waals surface area contributed by atoms with E-state index in [2.05, 4.69) is 18.7 Å². The third-order valence-electron chi connectivity index (χ3n) is 8.54. The van der Waals surface area contributed by atoms with Gasteiger partial charge in [-0.2, -0.15) is 0 Å². The van der Waals surface area contributed by atoms with Crippen molar-refractivity contribution in [2.75, 3.05) is 7.05 Å². The molecule has 0 spiro atoms. The van der Waals surface area contributed by atoms with Gasteiger partial charge in [0.15, 0.2) is 0 Å². The first-order valence-electron chi connectivity index (χ1n) is 9.47. The monoisotopic (exact) mass is 335 g/mol. The molecule has 0 aromatic carbocycles. The molecule has 1 amide bonds. The molecular weight excluding hydrogens is 306 g/mol. The first-order valence-corrected chi connectivity index (χ1v) is 9.91. The predicted molar refractivity (Wildman–Crippen MR) is 94.1 cm³/mol. The molecule has 6 atom stereocenters. The minimum Gasteiger partial charge on any atom is -0.342 e. The average molecular weight is 336 g/mol. The van der Waals surface area contributed by atoms with Crippen molar-refractivity contribution in [2.24, 2.45) is 28.6 Å². The highest BCUT2D eigenvalue weighted by Gasteiger charge is 2.59. The molecule has 3 saturated carbocycles. The van der Waals surface area contributed by atoms with Crippen LogP contribution in [0, 0.1) is 28.6 Å². The van der Waals surface area contributed by atoms with E-state index in [4.69, 9.17) is 11.6 Å². The second kappa shape index (κ2) is 5.25. The highest BCUT2D eigenvalue weighted by atomic mass is 35.5. The van der Waals surface area contributed by atoms with Crippen molar-refractivity contribution in [1.29, 1.82) is 0 Å². The van der Waals surface area contributed by atoms with Gasteiger partial charge in [0.1, 0.15) is 0 Å². The molecular formula is C20H30ClNO. The predicted octanol–water partition coefficient (Wildman–Crippen LogP) is 4.97. The number of rotatable bonds is 0. The van der Waals surface area contributed by atoms with E-state index in [0.717, 1.165) is 30.6 Å². The van der Waals surface area contributed by atoms with E-state index < -0.39 is 0 Å². The molecule has 1 saturated heterocycles. The summed E-state index contributed by atoms with van der Waals surface area (Å²) in [7, 11) is 2.04. The number of carbonyl (C=O) groups excluding carboxylic acids is 1. The second-order valence-corrected chi connectivity index (χ2v) is 9.33. The van der Waals surface area contributed by atoms with E-state index in [-0.39, 0.29) is 0 Å². The molecule has 3 aliphatic carbocycles. The topological polar surface area (TPSA) is 20.3 Å². The normalized spacial score (nSPS) is 51.4. The highest BCUT2D eigenvalue weighted by Crippen LogP contribution is 2.66. The lowest BCUT2D eigenvalue weighted by Gasteiger charge is -2.61. The third-order valence-corrected chi connectivity index (χ3v) is 8.80. The molecule has 0 radical (unpaired) electrons. The maximum atomic E-state index is 12.2. The summed E-state index contributed by atoms with van der Waals surface area (Å²) in [6.07, 6.45) is 9.49. The quantitative estimate of drug-likeness (QED) is 0.612. The van der Waals surface area contributed by atoms with Crippen molar-refractivity contribution >= 4 is 17.5 Å². The first kappa shape index (κ1) is 16.0. The highest BCUT2D eigenvalue weighted by molar-refractivity contribution is 6.25. The van der Waals surface area contributed by atoms with Crippen molar-refractivity contribution in [1.82, 2.24) is 4.90 Å². The summed E-state index contributed by atoms with van der Waals surface area (Å²) < 4.78 is 0. The molecule has 4 fully saturated rings. The lowest BCUT2D eigenvalue weighted by atomic mass is 9.47. The van der Waals surface area contributed by atoms with Gasteiger partial charge in [-0.05, 0) is 73.5 Å². The van der Waals surface area contributed by atoms with E-state index in [0.29, 0.717) is 22.8 Å². The van der Waals surface area contributed by atoms with E-state index in [9.17, 15) is 4.79 Å². The van der Waals surface area contributed by atoms with Crippen LogP contribution in [0.4, 0.5) is 0 Å². The molecule has 23 heavy (non-hydrogen) atoms. The van der Waals surface area contributed by atoms with Gasteiger partial charge >= 0.3 is 0 Å². The molecule has 0 N–H and O–H groups in total. The molecule has 1 heterocycles. The minimum atomic E-state index is 0.334. The van der Waals surface area contributed by atoms with Crippen LogP contribution in [0.1, 0.15) is 65.2 Å². The second-order valence-electron chi connectivity index (χ2n) is 9.11. The fraction of sp³-hybridized carbons (Fsp3) is 0.850. The van der Waals surface area contributed by atoms with E-state index in [1.807, 2.05) is 12.6 Å². The standard InChI is InChI=1S/C20H30ClNO/c1-19-10-8-16-14(15(19)6-4-13(19)12-21)5-7-17-20(16,2)11-9-18(23)22(17)3/h12,14-17H,4-11H2,1-3H3/b13-12+/t14-,15-,16-,17+,19+,20+/m0/s1. The summed E-state index contributed by atoms with van der Waals surface area (Å²) in [5.41, 5.74) is 4.08. The van der Waals surface area contributed by atoms with Crippen LogP contribution in [0.2, 0.25) is 0 Å². The first-order chi connectivity index (χ1) is 10.9. The van der Waals surface area contributed by atoms with Crippen molar-refractivity contribution < 1.29 is 4.79 Å². The minimum absolute atomic E-state index is 0.334. The van der Waals surface area contributed by atoms with Crippen LogP contribution in [0.5, 0.6) is 0 Å². The van der Waals surface area contributed by atoms with Crippen LogP contribution in [0.3, 0.4) is 0 Å². The van der Waals surface area contributed by atoms with Crippen molar-refractivity contribution in [2.45, 2.75) is 71.3 Å². The van der Waals surface area contributed by atoms with Gasteiger partial charge in [0.25, 0.3) is 0 Å². The lowest BCUT2D eigenvalue weighted by molar-refractivity contribution is -0.156. The Balaban J connectivity index is 1.66. The zero-order valence-electron chi connectivity index (χ0n) is 14.8. The summed E-state index contributed by atoms with van der Waals surface area (Å²) >= 11 is 6.16. The molecule has 0 unspecified atom stereocenters. The number of amides is 1. The fourth-order valence-corrected chi connectivity index (χ4v) is 7.54. The molecule has 2 nitrogen and oxygen atoms in total. The Labute approximate surface area is 145 Å². The molecule has 128 valence electrons. The van der Waals surface area contributed by atoms with E-state index in [1.54, 1.807) is 0 Å². The number of carbonyl (C=O) groups is 1. The summed E-state index contributed by atoms with van der Waals surface area (Å²) in [5.74, 6) is 2.81. The van der Waals surface area contributed by atoms with Gasteiger partial charge in [-0.3, -0.25) is 4.79 Å². The third kappa shape index (κ3) is 2.03. The molecule has 0 aromatic rings. The number of piperidine rings is 1. The van der Waals surface area contributed by atoms with E-state index >= 15 is 0 Å².